The van der Waals surface area contributed by atoms with Gasteiger partial charge in [-0.3, -0.25) is 19.9 Å². The molecule has 0 fully saturated rings. The Hall–Kier alpha value is -3.22. The van der Waals surface area contributed by atoms with Gasteiger partial charge in [0.2, 0.25) is 0 Å². The van der Waals surface area contributed by atoms with E-state index in [2.05, 4.69) is 4.98 Å². The highest BCUT2D eigenvalue weighted by molar-refractivity contribution is 5.79. The van der Waals surface area contributed by atoms with Gasteiger partial charge >= 0.3 is 5.97 Å². The maximum atomic E-state index is 11.3. The van der Waals surface area contributed by atoms with Crippen LogP contribution in [0.1, 0.15) is 37.3 Å². The Bertz CT molecular complexity index is 790. The van der Waals surface area contributed by atoms with Gasteiger partial charge in [-0.1, -0.05) is 18.2 Å². The van der Waals surface area contributed by atoms with Crippen molar-refractivity contribution in [3.05, 3.63) is 76.3 Å². The van der Waals surface area contributed by atoms with E-state index >= 15 is 0 Å². The highest BCUT2D eigenvalue weighted by atomic mass is 16.6. The molecule has 2 rings (SSSR count). The zero-order valence-corrected chi connectivity index (χ0v) is 15.2. The zero-order chi connectivity index (χ0) is 19.5. The number of hydrogen-bond acceptors (Lipinski definition) is 6. The summed E-state index contributed by atoms with van der Waals surface area (Å²) in [4.78, 5) is 26.0. The van der Waals surface area contributed by atoms with Crippen molar-refractivity contribution in [3.63, 3.8) is 0 Å². The molecule has 0 saturated heterocycles. The van der Waals surface area contributed by atoms with E-state index in [1.54, 1.807) is 43.8 Å². The maximum absolute atomic E-state index is 11.3. The lowest BCUT2D eigenvalue weighted by atomic mass is 10.0. The minimum atomic E-state index is -0.430. The first-order chi connectivity index (χ1) is 13.1. The normalized spacial score (nSPS) is 11.1. The molecule has 1 aromatic heterocycles. The minimum Gasteiger partial charge on any atom is -0.501 e. The van der Waals surface area contributed by atoms with Gasteiger partial charge in [0.15, 0.2) is 0 Å². The fourth-order valence-corrected chi connectivity index (χ4v) is 2.44. The Morgan fingerprint density at radius 2 is 2.04 bits per heavy atom. The van der Waals surface area contributed by atoms with Gasteiger partial charge in [-0.25, -0.2) is 0 Å². The van der Waals surface area contributed by atoms with E-state index in [0.717, 1.165) is 5.56 Å². The number of hydrogen-bond donors (Lipinski definition) is 0. The van der Waals surface area contributed by atoms with Crippen LogP contribution in [0.2, 0.25) is 0 Å². The number of esters is 1. The monoisotopic (exact) mass is 370 g/mol. The van der Waals surface area contributed by atoms with Gasteiger partial charge in [-0.15, -0.1) is 0 Å². The van der Waals surface area contributed by atoms with E-state index in [1.807, 2.05) is 6.07 Å². The molecule has 142 valence electrons. The first-order valence-electron chi connectivity index (χ1n) is 8.74. The first-order valence-corrected chi connectivity index (χ1v) is 8.74. The number of carbonyl (C=O) groups is 1. The number of unbranched alkanes of at least 4 members (excludes halogenated alkanes) is 1. The van der Waals surface area contributed by atoms with E-state index in [4.69, 9.17) is 9.47 Å². The molecule has 0 N–H and O–H groups in total. The number of ether oxygens (including phenoxy) is 2. The van der Waals surface area contributed by atoms with Crippen LogP contribution in [-0.4, -0.2) is 29.1 Å². The van der Waals surface area contributed by atoms with Gasteiger partial charge in [0.1, 0.15) is 0 Å². The molecular weight excluding hydrogens is 348 g/mol. The lowest BCUT2D eigenvalue weighted by molar-refractivity contribution is -0.384. The Balaban J connectivity index is 2.05. The lowest BCUT2D eigenvalue weighted by Gasteiger charge is -2.09. The standard InChI is InChI=1S/C20H22N2O5/c1-2-27-20(23)10-3-4-12-26-15-19(17-8-6-11-21-14-17)16-7-5-9-18(13-16)22(24)25/h5-9,11,13-15H,2-4,10,12H2,1H3/b19-15+. The van der Waals surface area contributed by atoms with Gasteiger partial charge in [0.25, 0.3) is 5.69 Å². The second kappa shape index (κ2) is 10.7. The Kier molecular flexibility index (Phi) is 7.96. The summed E-state index contributed by atoms with van der Waals surface area (Å²) in [7, 11) is 0. The second-order valence-electron chi connectivity index (χ2n) is 5.71. The molecule has 0 unspecified atom stereocenters. The van der Waals surface area contributed by atoms with Gasteiger partial charge in [0.05, 0.1) is 24.4 Å². The summed E-state index contributed by atoms with van der Waals surface area (Å²) in [6.45, 7) is 2.59. The Morgan fingerprint density at radius 3 is 2.74 bits per heavy atom. The van der Waals surface area contributed by atoms with Crippen molar-refractivity contribution >= 4 is 17.2 Å². The molecule has 0 bridgehead atoms. The number of nitro groups is 1. The molecule has 0 saturated carbocycles. The SMILES string of the molecule is CCOC(=O)CCCCO/C=C(/c1cccnc1)c1cccc([N+](=O)[O-])c1. The molecule has 1 heterocycles. The van der Waals surface area contributed by atoms with Crippen LogP contribution in [0.15, 0.2) is 55.1 Å². The average molecular weight is 370 g/mol. The van der Waals surface area contributed by atoms with Gasteiger partial charge in [-0.2, -0.15) is 0 Å². The van der Waals surface area contributed by atoms with Crippen LogP contribution >= 0.6 is 0 Å². The molecular formula is C20H22N2O5. The van der Waals surface area contributed by atoms with Crippen molar-refractivity contribution in [2.24, 2.45) is 0 Å². The molecule has 0 atom stereocenters. The molecule has 27 heavy (non-hydrogen) atoms. The number of non-ortho nitro benzene ring substituents is 1. The van der Waals surface area contributed by atoms with Crippen LogP contribution in [-0.2, 0) is 14.3 Å². The van der Waals surface area contributed by atoms with Gasteiger partial charge in [-0.05, 0) is 31.4 Å². The third-order valence-corrected chi connectivity index (χ3v) is 3.74. The van der Waals surface area contributed by atoms with Crippen LogP contribution in [0, 0.1) is 10.1 Å². The predicted octanol–water partition coefficient (Wildman–Crippen LogP) is 4.13. The van der Waals surface area contributed by atoms with Crippen molar-refractivity contribution in [2.45, 2.75) is 26.2 Å². The summed E-state index contributed by atoms with van der Waals surface area (Å²) in [5.74, 6) is -0.208. The van der Waals surface area contributed by atoms with Gasteiger partial charge < -0.3 is 9.47 Å². The number of carbonyl (C=O) groups excluding carboxylic acids is 1. The molecule has 0 aliphatic heterocycles. The van der Waals surface area contributed by atoms with Crippen molar-refractivity contribution < 1.29 is 19.2 Å². The number of aromatic nitrogens is 1. The largest absolute Gasteiger partial charge is 0.501 e. The molecule has 2 aromatic rings. The topological polar surface area (TPSA) is 91.6 Å². The van der Waals surface area contributed by atoms with E-state index < -0.39 is 4.92 Å². The van der Waals surface area contributed by atoms with Crippen molar-refractivity contribution in [1.82, 2.24) is 4.98 Å². The average Bonchev–Trinajstić information content (AvgIpc) is 2.68. The summed E-state index contributed by atoms with van der Waals surface area (Å²) < 4.78 is 10.5. The molecule has 7 heteroatoms. The Morgan fingerprint density at radius 1 is 1.22 bits per heavy atom. The molecule has 7 nitrogen and oxygen atoms in total. The van der Waals surface area contributed by atoms with Crippen LogP contribution < -0.4 is 0 Å². The molecule has 0 aliphatic rings. The molecule has 0 aliphatic carbocycles. The van der Waals surface area contributed by atoms with Crippen LogP contribution in [0.25, 0.3) is 5.57 Å². The van der Waals surface area contributed by atoms with Crippen LogP contribution in [0.3, 0.4) is 0 Å². The zero-order valence-electron chi connectivity index (χ0n) is 15.2. The summed E-state index contributed by atoms with van der Waals surface area (Å²) in [5.41, 5.74) is 2.18. The number of pyridine rings is 1. The quantitative estimate of drug-likeness (QED) is 0.205. The van der Waals surface area contributed by atoms with E-state index in [-0.39, 0.29) is 11.7 Å². The fraction of sp³-hybridized carbons (Fsp3) is 0.300. The number of benzene rings is 1. The molecule has 0 radical (unpaired) electrons. The summed E-state index contributed by atoms with van der Waals surface area (Å²) >= 11 is 0. The highest BCUT2D eigenvalue weighted by Crippen LogP contribution is 2.26. The van der Waals surface area contributed by atoms with E-state index in [0.29, 0.717) is 43.6 Å². The highest BCUT2D eigenvalue weighted by Gasteiger charge is 2.11. The molecule has 1 aromatic carbocycles. The second-order valence-corrected chi connectivity index (χ2v) is 5.71. The smallest absolute Gasteiger partial charge is 0.305 e. The van der Waals surface area contributed by atoms with E-state index in [1.165, 1.54) is 12.1 Å². The molecule has 0 spiro atoms. The van der Waals surface area contributed by atoms with Crippen molar-refractivity contribution in [2.75, 3.05) is 13.2 Å². The Labute approximate surface area is 157 Å². The first kappa shape index (κ1) is 20.1. The summed E-state index contributed by atoms with van der Waals surface area (Å²) in [6, 6.07) is 10.0. The summed E-state index contributed by atoms with van der Waals surface area (Å²) in [5, 5.41) is 11.1. The predicted molar refractivity (Wildman–Crippen MR) is 101 cm³/mol. The van der Waals surface area contributed by atoms with Crippen LogP contribution in [0.4, 0.5) is 5.69 Å². The molecule has 0 amide bonds. The third-order valence-electron chi connectivity index (χ3n) is 3.74. The van der Waals surface area contributed by atoms with E-state index in [9.17, 15) is 14.9 Å². The van der Waals surface area contributed by atoms with Crippen LogP contribution in [0.5, 0.6) is 0 Å². The summed E-state index contributed by atoms with van der Waals surface area (Å²) in [6.07, 6.45) is 6.65. The number of rotatable bonds is 10. The minimum absolute atomic E-state index is 0.0109. The maximum Gasteiger partial charge on any atom is 0.305 e. The number of nitrogens with zero attached hydrogens (tertiary/aromatic N) is 2. The lowest BCUT2D eigenvalue weighted by Crippen LogP contribution is -2.03. The van der Waals surface area contributed by atoms with Crippen molar-refractivity contribution in [1.29, 1.82) is 0 Å². The van der Waals surface area contributed by atoms with Crippen molar-refractivity contribution in [3.8, 4) is 0 Å². The third kappa shape index (κ3) is 6.54. The number of nitro benzene ring substituents is 1. The fourth-order valence-electron chi connectivity index (χ4n) is 2.44. The van der Waals surface area contributed by atoms with Gasteiger partial charge in [0, 0.05) is 42.1 Å².